The average Bonchev–Trinajstić information content (AvgIpc) is 2.34. The Morgan fingerprint density at radius 3 is 2.70 bits per heavy atom. The molecule has 0 radical (unpaired) electrons. The van der Waals surface area contributed by atoms with Crippen LogP contribution in [0.2, 0.25) is 0 Å². The standard InChI is InChI=1S/C15H26N4O/c1-11(2)17-15(20)8-14(9-16)19(4)10-13-7-5-6-12(3)18-13/h5-7,11,14H,8-10,16H2,1-4H3,(H,17,20). The van der Waals surface area contributed by atoms with E-state index in [0.29, 0.717) is 19.5 Å². The van der Waals surface area contributed by atoms with Gasteiger partial charge in [-0.15, -0.1) is 0 Å². The third-order valence-electron chi connectivity index (χ3n) is 3.12. The summed E-state index contributed by atoms with van der Waals surface area (Å²) in [4.78, 5) is 18.4. The zero-order chi connectivity index (χ0) is 15.1. The van der Waals surface area contributed by atoms with Gasteiger partial charge < -0.3 is 11.1 Å². The first-order valence-electron chi connectivity index (χ1n) is 7.04. The Bertz CT molecular complexity index is 434. The molecule has 112 valence electrons. The number of carbonyl (C=O) groups excluding carboxylic acids is 1. The SMILES string of the molecule is Cc1cccc(CN(C)C(CN)CC(=O)NC(C)C)n1. The quantitative estimate of drug-likeness (QED) is 0.782. The molecule has 1 atom stereocenters. The first kappa shape index (κ1) is 16.6. The molecule has 0 fully saturated rings. The van der Waals surface area contributed by atoms with E-state index in [2.05, 4.69) is 15.2 Å². The van der Waals surface area contributed by atoms with Crippen LogP contribution in [0.15, 0.2) is 18.2 Å². The minimum Gasteiger partial charge on any atom is -0.354 e. The molecule has 0 saturated carbocycles. The van der Waals surface area contributed by atoms with Crippen molar-refractivity contribution in [1.82, 2.24) is 15.2 Å². The molecule has 5 heteroatoms. The maximum absolute atomic E-state index is 11.8. The Morgan fingerprint density at radius 1 is 1.45 bits per heavy atom. The highest BCUT2D eigenvalue weighted by Gasteiger charge is 2.18. The van der Waals surface area contributed by atoms with Crippen molar-refractivity contribution >= 4 is 5.91 Å². The lowest BCUT2D eigenvalue weighted by molar-refractivity contribution is -0.122. The van der Waals surface area contributed by atoms with Crippen LogP contribution in [0.4, 0.5) is 0 Å². The first-order valence-corrected chi connectivity index (χ1v) is 7.04. The third kappa shape index (κ3) is 5.67. The number of pyridine rings is 1. The molecule has 1 unspecified atom stereocenters. The van der Waals surface area contributed by atoms with E-state index in [-0.39, 0.29) is 18.0 Å². The minimum absolute atomic E-state index is 0.0241. The van der Waals surface area contributed by atoms with E-state index in [1.54, 1.807) is 0 Å². The van der Waals surface area contributed by atoms with Crippen molar-refractivity contribution in [2.75, 3.05) is 13.6 Å². The highest BCUT2D eigenvalue weighted by molar-refractivity contribution is 5.76. The molecule has 5 nitrogen and oxygen atoms in total. The van der Waals surface area contributed by atoms with Crippen LogP contribution in [-0.2, 0) is 11.3 Å². The van der Waals surface area contributed by atoms with Crippen LogP contribution in [0.1, 0.15) is 31.7 Å². The summed E-state index contributed by atoms with van der Waals surface area (Å²) in [5, 5.41) is 2.90. The van der Waals surface area contributed by atoms with Crippen LogP contribution in [-0.4, -0.2) is 41.5 Å². The fourth-order valence-electron chi connectivity index (χ4n) is 2.09. The second-order valence-electron chi connectivity index (χ2n) is 5.50. The molecule has 0 aliphatic heterocycles. The van der Waals surface area contributed by atoms with Crippen molar-refractivity contribution in [3.63, 3.8) is 0 Å². The van der Waals surface area contributed by atoms with Crippen LogP contribution >= 0.6 is 0 Å². The van der Waals surface area contributed by atoms with Gasteiger partial charge >= 0.3 is 0 Å². The number of nitrogens with zero attached hydrogens (tertiary/aromatic N) is 2. The summed E-state index contributed by atoms with van der Waals surface area (Å²) in [6, 6.07) is 6.14. The number of aryl methyl sites for hydroxylation is 1. The third-order valence-corrected chi connectivity index (χ3v) is 3.12. The molecule has 1 amide bonds. The van der Waals surface area contributed by atoms with Crippen molar-refractivity contribution in [1.29, 1.82) is 0 Å². The van der Waals surface area contributed by atoms with E-state index in [1.165, 1.54) is 0 Å². The molecule has 0 aliphatic rings. The predicted octanol–water partition coefficient (Wildman–Crippen LogP) is 1.06. The van der Waals surface area contributed by atoms with Gasteiger partial charge in [-0.25, -0.2) is 0 Å². The fourth-order valence-corrected chi connectivity index (χ4v) is 2.09. The van der Waals surface area contributed by atoms with Crippen LogP contribution in [0.5, 0.6) is 0 Å². The first-order chi connectivity index (χ1) is 9.42. The van der Waals surface area contributed by atoms with E-state index in [9.17, 15) is 4.79 Å². The largest absolute Gasteiger partial charge is 0.354 e. The molecule has 0 aliphatic carbocycles. The van der Waals surface area contributed by atoms with Gasteiger partial charge in [-0.2, -0.15) is 0 Å². The summed E-state index contributed by atoms with van der Waals surface area (Å²) in [5.41, 5.74) is 7.79. The van der Waals surface area contributed by atoms with Gasteiger partial charge in [0.15, 0.2) is 0 Å². The van der Waals surface area contributed by atoms with Crippen LogP contribution in [0, 0.1) is 6.92 Å². The summed E-state index contributed by atoms with van der Waals surface area (Å²) < 4.78 is 0. The summed E-state index contributed by atoms with van der Waals surface area (Å²) in [7, 11) is 1.98. The number of hydrogen-bond acceptors (Lipinski definition) is 4. The normalized spacial score (nSPS) is 12.8. The molecule has 1 aromatic heterocycles. The van der Waals surface area contributed by atoms with Gasteiger partial charge in [-0.3, -0.25) is 14.7 Å². The topological polar surface area (TPSA) is 71.2 Å². The fraction of sp³-hybridized carbons (Fsp3) is 0.600. The van der Waals surface area contributed by atoms with Gasteiger partial charge in [0.1, 0.15) is 0 Å². The maximum Gasteiger partial charge on any atom is 0.221 e. The summed E-state index contributed by atoms with van der Waals surface area (Å²) >= 11 is 0. The van der Waals surface area contributed by atoms with E-state index in [0.717, 1.165) is 11.4 Å². The smallest absolute Gasteiger partial charge is 0.221 e. The number of hydrogen-bond donors (Lipinski definition) is 2. The van der Waals surface area contributed by atoms with Crippen molar-refractivity contribution in [2.24, 2.45) is 5.73 Å². The van der Waals surface area contributed by atoms with Crippen LogP contribution in [0.25, 0.3) is 0 Å². The minimum atomic E-state index is 0.0241. The van der Waals surface area contributed by atoms with Crippen molar-refractivity contribution < 1.29 is 4.79 Å². The highest BCUT2D eigenvalue weighted by atomic mass is 16.1. The van der Waals surface area contributed by atoms with Gasteiger partial charge in [0.05, 0.1) is 5.69 Å². The second-order valence-corrected chi connectivity index (χ2v) is 5.50. The Hall–Kier alpha value is -1.46. The number of aromatic nitrogens is 1. The number of rotatable bonds is 7. The van der Waals surface area contributed by atoms with Gasteiger partial charge in [0.2, 0.25) is 5.91 Å². The monoisotopic (exact) mass is 278 g/mol. The van der Waals surface area contributed by atoms with Crippen molar-refractivity contribution in [2.45, 2.75) is 45.8 Å². The average molecular weight is 278 g/mol. The second kappa shape index (κ2) is 7.97. The van der Waals surface area contributed by atoms with E-state index in [4.69, 9.17) is 5.73 Å². The van der Waals surface area contributed by atoms with Crippen LogP contribution in [0.3, 0.4) is 0 Å². The molecule has 0 bridgehead atoms. The lowest BCUT2D eigenvalue weighted by Gasteiger charge is -2.26. The van der Waals surface area contributed by atoms with E-state index in [1.807, 2.05) is 46.0 Å². The zero-order valence-electron chi connectivity index (χ0n) is 12.9. The molecule has 1 heterocycles. The summed E-state index contributed by atoms with van der Waals surface area (Å²) in [6.07, 6.45) is 0.414. The summed E-state index contributed by atoms with van der Waals surface area (Å²) in [5.74, 6) is 0.0412. The van der Waals surface area contributed by atoms with Gasteiger partial charge in [-0.1, -0.05) is 6.07 Å². The lowest BCUT2D eigenvalue weighted by Crippen LogP contribution is -2.42. The van der Waals surface area contributed by atoms with Gasteiger partial charge in [0, 0.05) is 37.3 Å². The molecule has 0 aromatic carbocycles. The molecular formula is C15H26N4O. The molecule has 0 spiro atoms. The number of carbonyl (C=O) groups is 1. The van der Waals surface area contributed by atoms with Gasteiger partial charge in [0.25, 0.3) is 0 Å². The predicted molar refractivity (Wildman–Crippen MR) is 81.2 cm³/mol. The Morgan fingerprint density at radius 2 is 2.15 bits per heavy atom. The van der Waals surface area contributed by atoms with E-state index < -0.39 is 0 Å². The Balaban J connectivity index is 2.58. The molecule has 0 saturated heterocycles. The Labute approximate surface area is 121 Å². The molecule has 1 aromatic rings. The van der Waals surface area contributed by atoms with Crippen LogP contribution < -0.4 is 11.1 Å². The van der Waals surface area contributed by atoms with Crippen molar-refractivity contribution in [3.8, 4) is 0 Å². The highest BCUT2D eigenvalue weighted by Crippen LogP contribution is 2.07. The maximum atomic E-state index is 11.8. The number of amides is 1. The summed E-state index contributed by atoms with van der Waals surface area (Å²) in [6.45, 7) is 7.03. The molecule has 20 heavy (non-hydrogen) atoms. The molecule has 1 rings (SSSR count). The molecule has 3 N–H and O–H groups in total. The number of likely N-dealkylation sites (N-methyl/N-ethyl adjacent to an activating group) is 1. The number of nitrogens with two attached hydrogens (primary N) is 1. The van der Waals surface area contributed by atoms with Crippen molar-refractivity contribution in [3.05, 3.63) is 29.6 Å². The Kier molecular flexibility index (Phi) is 6.61. The zero-order valence-corrected chi connectivity index (χ0v) is 12.9. The van der Waals surface area contributed by atoms with Gasteiger partial charge in [-0.05, 0) is 40.0 Å². The lowest BCUT2D eigenvalue weighted by atomic mass is 10.1. The molecular weight excluding hydrogens is 252 g/mol. The van der Waals surface area contributed by atoms with E-state index >= 15 is 0 Å². The number of nitrogens with one attached hydrogen (secondary N) is 1.